The summed E-state index contributed by atoms with van der Waals surface area (Å²) < 4.78 is 7.38. The van der Waals surface area contributed by atoms with Crippen molar-refractivity contribution in [2.75, 3.05) is 0 Å². The first kappa shape index (κ1) is 44.6. The van der Waals surface area contributed by atoms with E-state index < -0.39 is 29.2 Å². The monoisotopic (exact) mass is 833 g/mol. The predicted molar refractivity (Wildman–Crippen MR) is 229 cm³/mol. The molecule has 0 radical (unpaired) electrons. The quantitative estimate of drug-likeness (QED) is 0.103. The van der Waals surface area contributed by atoms with Gasteiger partial charge in [-0.15, -0.1) is 5.69 Å². The van der Waals surface area contributed by atoms with Gasteiger partial charge in [0.05, 0.1) is 0 Å². The minimum atomic E-state index is -2.28. The van der Waals surface area contributed by atoms with Crippen LogP contribution in [0.25, 0.3) is 16.4 Å². The van der Waals surface area contributed by atoms with Gasteiger partial charge < -0.3 is 17.2 Å². The van der Waals surface area contributed by atoms with Crippen LogP contribution in [0.15, 0.2) is 84.9 Å². The van der Waals surface area contributed by atoms with Crippen molar-refractivity contribution in [1.82, 2.24) is 0 Å². The molecule has 1 aliphatic carbocycles. The van der Waals surface area contributed by atoms with Crippen LogP contribution in [0, 0.1) is 13.3 Å². The third-order valence-corrected chi connectivity index (χ3v) is 13.7. The molecule has 52 heavy (non-hydrogen) atoms. The van der Waals surface area contributed by atoms with Crippen molar-refractivity contribution in [2.45, 2.75) is 130 Å². The van der Waals surface area contributed by atoms with Crippen molar-refractivity contribution < 1.29 is 25.3 Å². The molecule has 280 valence electrons. The van der Waals surface area contributed by atoms with E-state index in [-0.39, 0.29) is 18.9 Å². The van der Waals surface area contributed by atoms with E-state index in [0.29, 0.717) is 23.3 Å². The van der Waals surface area contributed by atoms with E-state index >= 15 is 0 Å². The van der Waals surface area contributed by atoms with E-state index in [1.54, 1.807) is 0 Å². The zero-order valence-corrected chi connectivity index (χ0v) is 38.9. The molecule has 0 bridgehead atoms. The molecule has 4 aromatic rings. The first-order valence-corrected chi connectivity index (χ1v) is 28.3. The fourth-order valence-electron chi connectivity index (χ4n) is 8.05. The third kappa shape index (κ3) is 10.7. The second-order valence-electron chi connectivity index (χ2n) is 16.6. The molecule has 3 atom stereocenters. The molecule has 6 heteroatoms. The fraction of sp³-hybridized carbons (Fsp3) is 0.457. The van der Waals surface area contributed by atoms with Crippen molar-refractivity contribution in [3.8, 4) is 16.9 Å². The number of fused-ring (bicyclic) bond motifs is 1. The van der Waals surface area contributed by atoms with Gasteiger partial charge in [-0.1, -0.05) is 178 Å². The second kappa shape index (κ2) is 19.7. The number of hydrogen-bond acceptors (Lipinski definition) is 1. The van der Waals surface area contributed by atoms with Crippen LogP contribution in [0.4, 0.5) is 5.69 Å². The van der Waals surface area contributed by atoms with Crippen LogP contribution in [0.3, 0.4) is 0 Å². The number of nitrogens with zero attached hydrogens (tertiary/aromatic N) is 1. The van der Waals surface area contributed by atoms with Crippen molar-refractivity contribution >= 4 is 31.0 Å². The topological polar surface area (TPSA) is 23.3 Å². The maximum absolute atomic E-state index is 7.38. The standard InChI is InChI=1S/C45H60NOSi.CH3.2ClH.Zr/c1-12-13-23-41(46-43-35(30(2)3)19-16-20-36(43)31(4)5)39-18-14-15-24-42(39)47-48(10,11)44-32(6)29-40-37(21-17-22-38(40)44)33-25-27-34(28-26-33)45(7,8)9;;;;/h14-22,24-28,30-32,41,44H,12-13,23,29H2,1-11H3;1H3;2*1H;/q2*-1;;;+4/p-2. The van der Waals surface area contributed by atoms with Crippen molar-refractivity contribution in [1.29, 1.82) is 0 Å². The van der Waals surface area contributed by atoms with E-state index in [1.807, 2.05) is 0 Å². The Hall–Kier alpha value is -1.84. The van der Waals surface area contributed by atoms with Gasteiger partial charge >= 0.3 is 37.9 Å². The minimum absolute atomic E-state index is 0. The molecule has 1 aliphatic rings. The van der Waals surface area contributed by atoms with Gasteiger partial charge in [0, 0.05) is 5.54 Å². The van der Waals surface area contributed by atoms with Crippen LogP contribution in [0.1, 0.15) is 138 Å². The zero-order chi connectivity index (χ0) is 37.5. The Morgan fingerprint density at radius 1 is 0.827 bits per heavy atom. The number of unbranched alkanes of at least 4 members (excludes halogenated alkanes) is 1. The summed E-state index contributed by atoms with van der Waals surface area (Å²) in [6.45, 7) is 25.6. The van der Waals surface area contributed by atoms with Crippen molar-refractivity contribution in [2.24, 2.45) is 5.92 Å². The number of benzene rings is 4. The summed E-state index contributed by atoms with van der Waals surface area (Å²) >= 11 is -0.826. The van der Waals surface area contributed by atoms with Crippen LogP contribution in [0.5, 0.6) is 5.75 Å². The Labute approximate surface area is 337 Å². The van der Waals surface area contributed by atoms with Gasteiger partial charge in [0.1, 0.15) is 5.75 Å². The summed E-state index contributed by atoms with van der Waals surface area (Å²) in [6.07, 6.45) is 4.40. The van der Waals surface area contributed by atoms with Gasteiger partial charge in [-0.05, 0) is 82.1 Å². The summed E-state index contributed by atoms with van der Waals surface area (Å²) in [7, 11) is 7.58. The molecule has 0 saturated carbocycles. The Kier molecular flexibility index (Phi) is 16.8. The molecule has 0 amide bonds. The Morgan fingerprint density at radius 3 is 1.94 bits per heavy atom. The number of hydrogen-bond donors (Lipinski definition) is 0. The van der Waals surface area contributed by atoms with Gasteiger partial charge in [-0.25, -0.2) is 0 Å². The molecule has 5 rings (SSSR count). The van der Waals surface area contributed by atoms with Crippen LogP contribution in [0.2, 0.25) is 13.1 Å². The first-order chi connectivity index (χ1) is 24.1. The third-order valence-electron chi connectivity index (χ3n) is 10.6. The average molecular weight is 836 g/mol. The molecule has 0 heterocycles. The van der Waals surface area contributed by atoms with E-state index in [0.717, 1.165) is 31.4 Å². The molecular formula is C46H63Cl2NOSiZr. The molecule has 0 saturated heterocycles. The van der Waals surface area contributed by atoms with E-state index in [4.69, 9.17) is 26.8 Å². The SMILES string of the molecule is CCCCC([N-]c1c(C(C)C)cccc1C(C)C)c1ccccc1O[Si](C)(C)C1c2cccc(-c3ccc(C(C)(C)C)cc3)c2CC1C.[CH3-].[Cl][Zr+2][Cl]. The molecule has 4 aromatic carbocycles. The van der Waals surface area contributed by atoms with Gasteiger partial charge in [0.15, 0.2) is 0 Å². The Bertz CT molecular complexity index is 1690. The predicted octanol–water partition coefficient (Wildman–Crippen LogP) is 15.8. The van der Waals surface area contributed by atoms with Crippen LogP contribution < -0.4 is 4.43 Å². The van der Waals surface area contributed by atoms with E-state index in [9.17, 15) is 0 Å². The summed E-state index contributed by atoms with van der Waals surface area (Å²) in [5.41, 5.74) is 12.8. The maximum atomic E-state index is 7.38. The number of halogens is 2. The van der Waals surface area contributed by atoms with Crippen LogP contribution in [-0.4, -0.2) is 8.32 Å². The molecule has 0 fully saturated rings. The van der Waals surface area contributed by atoms with Crippen LogP contribution in [-0.2, 0) is 32.7 Å². The molecule has 2 nitrogen and oxygen atoms in total. The van der Waals surface area contributed by atoms with E-state index in [2.05, 4.69) is 160 Å². The van der Waals surface area contributed by atoms with Crippen molar-refractivity contribution in [3.05, 3.63) is 131 Å². The van der Waals surface area contributed by atoms with Gasteiger partial charge in [0.2, 0.25) is 0 Å². The van der Waals surface area contributed by atoms with E-state index in [1.165, 1.54) is 50.2 Å². The number of para-hydroxylation sites is 2. The van der Waals surface area contributed by atoms with Crippen molar-refractivity contribution in [3.63, 3.8) is 0 Å². The van der Waals surface area contributed by atoms with Gasteiger partial charge in [0.25, 0.3) is 8.32 Å². The summed E-state index contributed by atoms with van der Waals surface area (Å²) in [4.78, 5) is 0. The first-order valence-electron chi connectivity index (χ1n) is 18.9. The molecular weight excluding hydrogens is 773 g/mol. The summed E-state index contributed by atoms with van der Waals surface area (Å²) in [5, 5.41) is 5.65. The molecule has 0 N–H and O–H groups in total. The molecule has 0 aliphatic heterocycles. The molecule has 3 unspecified atom stereocenters. The normalized spacial score (nSPS) is 16.0. The summed E-state index contributed by atoms with van der Waals surface area (Å²) in [6, 6.07) is 31.9. The van der Waals surface area contributed by atoms with Gasteiger partial charge in [-0.2, -0.15) is 0 Å². The molecule has 0 aromatic heterocycles. The number of rotatable bonds is 12. The fourth-order valence-corrected chi connectivity index (χ4v) is 11.4. The van der Waals surface area contributed by atoms with Gasteiger partial charge in [-0.3, -0.25) is 0 Å². The second-order valence-corrected chi connectivity index (χ2v) is 24.3. The Morgan fingerprint density at radius 2 is 1.38 bits per heavy atom. The summed E-state index contributed by atoms with van der Waals surface area (Å²) in [5.74, 6) is 2.38. The molecule has 0 spiro atoms. The average Bonchev–Trinajstić information content (AvgIpc) is 3.43. The Balaban J connectivity index is 0.00000176. The zero-order valence-electron chi connectivity index (χ0n) is 33.9. The van der Waals surface area contributed by atoms with Crippen LogP contribution >= 0.6 is 17.0 Å².